The van der Waals surface area contributed by atoms with Gasteiger partial charge in [-0.25, -0.2) is 0 Å². The summed E-state index contributed by atoms with van der Waals surface area (Å²) in [6, 6.07) is 14.8. The van der Waals surface area contributed by atoms with E-state index in [1.807, 2.05) is 48.2 Å². The SMILES string of the molecule is Cc1ccc(NC(=O)CN2CC[C@](C)(O)[C@@H](Oc3cccc(Cl)c3)C2)cc1. The van der Waals surface area contributed by atoms with Crippen LogP contribution in [-0.2, 0) is 4.79 Å². The normalized spacial score (nSPS) is 23.0. The average molecular weight is 389 g/mol. The Labute approximate surface area is 164 Å². The molecule has 0 bridgehead atoms. The first-order valence-electron chi connectivity index (χ1n) is 9.05. The van der Waals surface area contributed by atoms with Gasteiger partial charge in [-0.3, -0.25) is 9.69 Å². The van der Waals surface area contributed by atoms with Crippen molar-refractivity contribution < 1.29 is 14.6 Å². The van der Waals surface area contributed by atoms with Gasteiger partial charge in [0.1, 0.15) is 17.5 Å². The van der Waals surface area contributed by atoms with Crippen molar-refractivity contribution in [3.63, 3.8) is 0 Å². The third kappa shape index (κ3) is 5.45. The van der Waals surface area contributed by atoms with Gasteiger partial charge < -0.3 is 15.2 Å². The highest BCUT2D eigenvalue weighted by Gasteiger charge is 2.39. The molecule has 0 radical (unpaired) electrons. The van der Waals surface area contributed by atoms with Gasteiger partial charge in [0.15, 0.2) is 0 Å². The molecule has 3 rings (SSSR count). The fraction of sp³-hybridized carbons (Fsp3) is 0.381. The molecule has 6 heteroatoms. The number of benzene rings is 2. The minimum absolute atomic E-state index is 0.0816. The summed E-state index contributed by atoms with van der Waals surface area (Å²) in [5.74, 6) is 0.528. The fourth-order valence-electron chi connectivity index (χ4n) is 3.12. The van der Waals surface area contributed by atoms with Gasteiger partial charge in [-0.1, -0.05) is 35.4 Å². The number of ether oxygens (including phenoxy) is 1. The Bertz CT molecular complexity index is 792. The van der Waals surface area contributed by atoms with Crippen molar-refractivity contribution in [2.24, 2.45) is 0 Å². The molecule has 5 nitrogen and oxygen atoms in total. The Hall–Kier alpha value is -2.08. The zero-order valence-electron chi connectivity index (χ0n) is 15.6. The first-order valence-corrected chi connectivity index (χ1v) is 9.43. The third-order valence-corrected chi connectivity index (χ3v) is 5.06. The minimum atomic E-state index is -0.966. The standard InChI is InChI=1S/C21H25ClN2O3/c1-15-6-8-17(9-7-15)23-20(25)14-24-11-10-21(2,26)19(13-24)27-18-5-3-4-16(22)12-18/h3-9,12,19,26H,10-11,13-14H2,1-2H3,(H,23,25)/t19-,21-/m0/s1. The molecule has 144 valence electrons. The predicted octanol–water partition coefficient (Wildman–Crippen LogP) is 3.49. The summed E-state index contributed by atoms with van der Waals surface area (Å²) in [6.07, 6.45) is 0.0765. The summed E-state index contributed by atoms with van der Waals surface area (Å²) in [6.45, 7) is 5.11. The van der Waals surface area contributed by atoms with Crippen LogP contribution in [0.2, 0.25) is 5.02 Å². The maximum Gasteiger partial charge on any atom is 0.238 e. The first kappa shape index (κ1) is 19.7. The van der Waals surface area contributed by atoms with Crippen LogP contribution in [0.15, 0.2) is 48.5 Å². The van der Waals surface area contributed by atoms with E-state index < -0.39 is 11.7 Å². The zero-order chi connectivity index (χ0) is 19.4. The number of carbonyl (C=O) groups is 1. The lowest BCUT2D eigenvalue weighted by molar-refractivity contribution is -0.122. The van der Waals surface area contributed by atoms with Crippen LogP contribution in [0.3, 0.4) is 0 Å². The number of nitrogens with zero attached hydrogens (tertiary/aromatic N) is 1. The lowest BCUT2D eigenvalue weighted by atomic mass is 9.90. The van der Waals surface area contributed by atoms with E-state index in [2.05, 4.69) is 5.32 Å². The molecule has 0 saturated carbocycles. The number of piperidine rings is 1. The number of hydrogen-bond acceptors (Lipinski definition) is 4. The summed E-state index contributed by atoms with van der Waals surface area (Å²) < 4.78 is 5.99. The quantitative estimate of drug-likeness (QED) is 0.823. The maximum absolute atomic E-state index is 12.4. The van der Waals surface area contributed by atoms with Crippen molar-refractivity contribution in [2.75, 3.05) is 25.0 Å². The van der Waals surface area contributed by atoms with E-state index in [4.69, 9.17) is 16.3 Å². The number of rotatable bonds is 5. The second-order valence-corrected chi connectivity index (χ2v) is 7.76. The Morgan fingerprint density at radius 2 is 2.07 bits per heavy atom. The van der Waals surface area contributed by atoms with Crippen molar-refractivity contribution in [1.82, 2.24) is 4.90 Å². The molecule has 1 heterocycles. The van der Waals surface area contributed by atoms with Crippen molar-refractivity contribution in [1.29, 1.82) is 0 Å². The van der Waals surface area contributed by atoms with Gasteiger partial charge in [0, 0.05) is 23.8 Å². The van der Waals surface area contributed by atoms with Crippen LogP contribution in [-0.4, -0.2) is 47.3 Å². The minimum Gasteiger partial charge on any atom is -0.486 e. The van der Waals surface area contributed by atoms with E-state index in [0.29, 0.717) is 30.3 Å². The highest BCUT2D eigenvalue weighted by atomic mass is 35.5. The number of anilines is 1. The number of halogens is 1. The predicted molar refractivity (Wildman–Crippen MR) is 107 cm³/mol. The Morgan fingerprint density at radius 1 is 1.33 bits per heavy atom. The summed E-state index contributed by atoms with van der Waals surface area (Å²) in [5.41, 5.74) is 0.959. The zero-order valence-corrected chi connectivity index (χ0v) is 16.4. The monoisotopic (exact) mass is 388 g/mol. The maximum atomic E-state index is 12.4. The molecule has 27 heavy (non-hydrogen) atoms. The molecule has 2 aromatic rings. The van der Waals surface area contributed by atoms with E-state index >= 15 is 0 Å². The van der Waals surface area contributed by atoms with E-state index in [0.717, 1.165) is 11.3 Å². The Morgan fingerprint density at radius 3 is 2.78 bits per heavy atom. The van der Waals surface area contributed by atoms with Crippen LogP contribution < -0.4 is 10.1 Å². The number of carbonyl (C=O) groups excluding carboxylic acids is 1. The summed E-state index contributed by atoms with van der Waals surface area (Å²) >= 11 is 6.01. The second kappa shape index (κ2) is 8.30. The third-order valence-electron chi connectivity index (χ3n) is 4.83. The molecule has 2 atom stereocenters. The molecule has 1 aliphatic heterocycles. The number of nitrogens with one attached hydrogen (secondary N) is 1. The highest BCUT2D eigenvalue weighted by molar-refractivity contribution is 6.30. The molecule has 0 aliphatic carbocycles. The van der Waals surface area contributed by atoms with Gasteiger partial charge in [0.25, 0.3) is 0 Å². The molecule has 2 N–H and O–H groups in total. The average Bonchev–Trinajstić information content (AvgIpc) is 2.60. The molecule has 1 amide bonds. The molecule has 0 spiro atoms. The number of hydrogen-bond donors (Lipinski definition) is 2. The van der Waals surface area contributed by atoms with Crippen molar-refractivity contribution in [2.45, 2.75) is 32.0 Å². The lowest BCUT2D eigenvalue weighted by Gasteiger charge is -2.42. The van der Waals surface area contributed by atoms with Crippen LogP contribution in [0.5, 0.6) is 5.75 Å². The first-order chi connectivity index (χ1) is 12.8. The highest BCUT2D eigenvalue weighted by Crippen LogP contribution is 2.27. The molecule has 1 aliphatic rings. The van der Waals surface area contributed by atoms with Crippen LogP contribution in [0.1, 0.15) is 18.9 Å². The van der Waals surface area contributed by atoms with Gasteiger partial charge in [0.2, 0.25) is 5.91 Å². The Kier molecular flexibility index (Phi) is 6.05. The van der Waals surface area contributed by atoms with Crippen LogP contribution in [0.4, 0.5) is 5.69 Å². The number of aryl methyl sites for hydroxylation is 1. The second-order valence-electron chi connectivity index (χ2n) is 7.32. The van der Waals surface area contributed by atoms with E-state index in [1.165, 1.54) is 0 Å². The van der Waals surface area contributed by atoms with E-state index in [1.54, 1.807) is 19.1 Å². The van der Waals surface area contributed by atoms with Gasteiger partial charge in [-0.15, -0.1) is 0 Å². The van der Waals surface area contributed by atoms with E-state index in [9.17, 15) is 9.90 Å². The molecule has 1 saturated heterocycles. The number of likely N-dealkylation sites (tertiary alicyclic amines) is 1. The fourth-order valence-corrected chi connectivity index (χ4v) is 3.30. The summed E-state index contributed by atoms with van der Waals surface area (Å²) in [7, 11) is 0. The largest absolute Gasteiger partial charge is 0.486 e. The molecule has 2 aromatic carbocycles. The van der Waals surface area contributed by atoms with Crippen LogP contribution in [0, 0.1) is 6.92 Å². The lowest BCUT2D eigenvalue weighted by Crippen LogP contribution is -2.57. The van der Waals surface area contributed by atoms with Gasteiger partial charge >= 0.3 is 0 Å². The molecule has 0 aromatic heterocycles. The van der Waals surface area contributed by atoms with Crippen LogP contribution >= 0.6 is 11.6 Å². The van der Waals surface area contributed by atoms with E-state index in [-0.39, 0.29) is 12.5 Å². The molecular weight excluding hydrogens is 364 g/mol. The Balaban J connectivity index is 1.60. The molecule has 0 unspecified atom stereocenters. The van der Waals surface area contributed by atoms with Gasteiger partial charge in [-0.2, -0.15) is 0 Å². The molecule has 1 fully saturated rings. The van der Waals surface area contributed by atoms with Crippen molar-refractivity contribution >= 4 is 23.2 Å². The summed E-state index contributed by atoms with van der Waals surface area (Å²) in [5, 5.41) is 14.2. The topological polar surface area (TPSA) is 61.8 Å². The number of aliphatic hydroxyl groups is 1. The molecular formula is C21H25ClN2O3. The summed E-state index contributed by atoms with van der Waals surface area (Å²) in [4.78, 5) is 14.4. The van der Waals surface area contributed by atoms with Crippen molar-refractivity contribution in [3.05, 3.63) is 59.1 Å². The smallest absolute Gasteiger partial charge is 0.238 e. The van der Waals surface area contributed by atoms with Gasteiger partial charge in [-0.05, 0) is 50.6 Å². The van der Waals surface area contributed by atoms with Crippen LogP contribution in [0.25, 0.3) is 0 Å². The van der Waals surface area contributed by atoms with Crippen molar-refractivity contribution in [3.8, 4) is 5.75 Å². The van der Waals surface area contributed by atoms with Gasteiger partial charge in [0.05, 0.1) is 6.54 Å². The number of amides is 1.